The van der Waals surface area contributed by atoms with Crippen molar-refractivity contribution in [3.8, 4) is 0 Å². The Bertz CT molecular complexity index is 1230. The fourth-order valence-electron chi connectivity index (χ4n) is 13.3. The van der Waals surface area contributed by atoms with E-state index in [1.807, 2.05) is 0 Å². The molecule has 0 bridgehead atoms. The predicted octanol–water partition coefficient (Wildman–Crippen LogP) is 5.60. The van der Waals surface area contributed by atoms with Crippen LogP contribution in [0.5, 0.6) is 0 Å². The molecule has 5 saturated carbocycles. The Morgan fingerprint density at radius 2 is 1.54 bits per heavy atom. The van der Waals surface area contributed by atoms with Gasteiger partial charge in [-0.1, -0.05) is 46.8 Å². The van der Waals surface area contributed by atoms with Gasteiger partial charge in [-0.15, -0.1) is 0 Å². The lowest BCUT2D eigenvalue weighted by molar-refractivity contribution is -0.254. The van der Waals surface area contributed by atoms with E-state index in [4.69, 9.17) is 14.2 Å². The number of esters is 2. The lowest BCUT2D eigenvalue weighted by atomic mass is 9.32. The largest absolute Gasteiger partial charge is 0.462 e. The zero-order valence-corrected chi connectivity index (χ0v) is 29.3. The SMILES string of the molecule is C=C(C)[C@@H]1CC[C@]2(C(=O)O[C@H]3CO[C@H](CO)[C@H](O)[C@@H]3O)CC[C@]3(C)[C@H](CCC4[C@@]5(C)CC[C@H](OC(C)=O)C(C)(C)[C@@H]5CC[C@]43C)[C@@H]12. The Balaban J connectivity index is 1.30. The number of aliphatic hydroxyl groups is 3. The summed E-state index contributed by atoms with van der Waals surface area (Å²) in [5.41, 5.74) is 0.715. The van der Waals surface area contributed by atoms with Gasteiger partial charge >= 0.3 is 11.9 Å². The van der Waals surface area contributed by atoms with E-state index in [0.29, 0.717) is 17.8 Å². The van der Waals surface area contributed by atoms with Crippen molar-refractivity contribution in [3.05, 3.63) is 12.2 Å². The van der Waals surface area contributed by atoms with Crippen LogP contribution in [-0.4, -0.2) is 71.0 Å². The number of hydrogen-bond acceptors (Lipinski definition) is 8. The first-order valence-corrected chi connectivity index (χ1v) is 18.1. The zero-order valence-electron chi connectivity index (χ0n) is 29.3. The molecule has 0 aromatic heterocycles. The van der Waals surface area contributed by atoms with Crippen molar-refractivity contribution in [1.82, 2.24) is 0 Å². The highest BCUT2D eigenvalue weighted by Crippen LogP contribution is 2.77. The van der Waals surface area contributed by atoms with Crippen molar-refractivity contribution < 1.29 is 39.1 Å². The average molecular weight is 645 g/mol. The van der Waals surface area contributed by atoms with Gasteiger partial charge in [-0.3, -0.25) is 9.59 Å². The van der Waals surface area contributed by atoms with Gasteiger partial charge in [0.15, 0.2) is 6.10 Å². The smallest absolute Gasteiger partial charge is 0.312 e. The molecule has 6 rings (SSSR count). The van der Waals surface area contributed by atoms with Crippen LogP contribution < -0.4 is 0 Å². The molecule has 0 amide bonds. The third-order valence-electron chi connectivity index (χ3n) is 15.7. The first kappa shape index (κ1) is 34.4. The summed E-state index contributed by atoms with van der Waals surface area (Å²) < 4.78 is 17.6. The minimum Gasteiger partial charge on any atom is -0.462 e. The Kier molecular flexibility index (Phi) is 8.64. The van der Waals surface area contributed by atoms with Crippen LogP contribution in [-0.2, 0) is 23.8 Å². The molecule has 1 saturated heterocycles. The molecule has 8 heteroatoms. The number of rotatable bonds is 5. The number of hydrogen-bond donors (Lipinski definition) is 3. The fourth-order valence-corrected chi connectivity index (χ4v) is 13.3. The van der Waals surface area contributed by atoms with Crippen LogP contribution >= 0.6 is 0 Å². The van der Waals surface area contributed by atoms with E-state index in [1.54, 1.807) is 0 Å². The molecule has 14 atom stereocenters. The molecule has 260 valence electrons. The quantitative estimate of drug-likeness (QED) is 0.261. The second-order valence-electron chi connectivity index (χ2n) is 17.8. The second-order valence-corrected chi connectivity index (χ2v) is 17.8. The van der Waals surface area contributed by atoms with E-state index in [-0.39, 0.29) is 58.1 Å². The van der Waals surface area contributed by atoms with Crippen LogP contribution in [0.3, 0.4) is 0 Å². The number of ether oxygens (including phenoxy) is 3. The first-order chi connectivity index (χ1) is 21.5. The zero-order chi connectivity index (χ0) is 33.6. The van der Waals surface area contributed by atoms with Gasteiger partial charge in [0.05, 0.1) is 18.6 Å². The number of carbonyl (C=O) groups is 2. The molecule has 1 heterocycles. The summed E-state index contributed by atoms with van der Waals surface area (Å²) in [6.45, 7) is 19.9. The highest BCUT2D eigenvalue weighted by Gasteiger charge is 2.72. The summed E-state index contributed by atoms with van der Waals surface area (Å²) >= 11 is 0. The van der Waals surface area contributed by atoms with Crippen LogP contribution in [0.2, 0.25) is 0 Å². The van der Waals surface area contributed by atoms with Gasteiger partial charge in [-0.25, -0.2) is 0 Å². The summed E-state index contributed by atoms with van der Waals surface area (Å²) in [4.78, 5) is 26.4. The van der Waals surface area contributed by atoms with E-state index < -0.39 is 36.4 Å². The maximum absolute atomic E-state index is 14.4. The van der Waals surface area contributed by atoms with E-state index in [1.165, 1.54) is 6.92 Å². The summed E-state index contributed by atoms with van der Waals surface area (Å²) in [6, 6.07) is 0. The lowest BCUT2D eigenvalue weighted by Crippen LogP contribution is -2.67. The highest BCUT2D eigenvalue weighted by molar-refractivity contribution is 5.78. The van der Waals surface area contributed by atoms with Crippen LogP contribution in [0, 0.1) is 56.7 Å². The van der Waals surface area contributed by atoms with Gasteiger partial charge in [0, 0.05) is 12.3 Å². The minimum absolute atomic E-state index is 0.0424. The standard InChI is InChI=1S/C38H60O8/c1-21(2)23-11-16-38(33(43)46-26-20-44-25(19-39)31(41)32(26)42)18-17-36(7)24(30(23)38)9-10-28-35(6)14-13-29(45-22(3)40)34(4,5)27(35)12-15-37(28,36)8/h23-32,39,41-42H,1,9-20H2,2-8H3/t23-,24+,25+,26-,27-,28?,29-,30+,31-,32+,35-,36+,37+,38-/m0/s1. The molecule has 6 aliphatic rings. The molecule has 3 N–H and O–H groups in total. The van der Waals surface area contributed by atoms with Gasteiger partial charge in [-0.05, 0) is 117 Å². The molecule has 1 aliphatic heterocycles. The van der Waals surface area contributed by atoms with E-state index in [9.17, 15) is 24.9 Å². The molecule has 46 heavy (non-hydrogen) atoms. The van der Waals surface area contributed by atoms with Crippen LogP contribution in [0.4, 0.5) is 0 Å². The summed E-state index contributed by atoms with van der Waals surface area (Å²) in [5.74, 6) is 1.29. The second kappa shape index (κ2) is 11.6. The van der Waals surface area contributed by atoms with Crippen LogP contribution in [0.25, 0.3) is 0 Å². The number of allylic oxidation sites excluding steroid dienone is 1. The first-order valence-electron chi connectivity index (χ1n) is 18.1. The number of aliphatic hydroxyl groups excluding tert-OH is 3. The molecule has 6 fully saturated rings. The Morgan fingerprint density at radius 3 is 2.20 bits per heavy atom. The molecule has 0 radical (unpaired) electrons. The van der Waals surface area contributed by atoms with Crippen molar-refractivity contribution >= 4 is 11.9 Å². The number of fused-ring (bicyclic) bond motifs is 7. The molecule has 5 aliphatic carbocycles. The molecular formula is C38H60O8. The van der Waals surface area contributed by atoms with Crippen molar-refractivity contribution in [3.63, 3.8) is 0 Å². The van der Waals surface area contributed by atoms with Crippen LogP contribution in [0.1, 0.15) is 113 Å². The molecule has 0 aromatic carbocycles. The Labute approximate surface area is 276 Å². The normalized spacial score (nSPS) is 51.1. The molecular weight excluding hydrogens is 584 g/mol. The highest BCUT2D eigenvalue weighted by atomic mass is 16.6. The fraction of sp³-hybridized carbons (Fsp3) is 0.895. The van der Waals surface area contributed by atoms with Gasteiger partial charge in [-0.2, -0.15) is 0 Å². The minimum atomic E-state index is -1.31. The third kappa shape index (κ3) is 4.73. The topological polar surface area (TPSA) is 123 Å². The van der Waals surface area contributed by atoms with E-state index >= 15 is 0 Å². The lowest BCUT2D eigenvalue weighted by Gasteiger charge is -2.72. The van der Waals surface area contributed by atoms with Crippen LogP contribution in [0.15, 0.2) is 12.2 Å². The predicted molar refractivity (Wildman–Crippen MR) is 173 cm³/mol. The Morgan fingerprint density at radius 1 is 0.826 bits per heavy atom. The van der Waals surface area contributed by atoms with Gasteiger partial charge in [0.1, 0.15) is 24.4 Å². The Hall–Kier alpha value is -1.48. The third-order valence-corrected chi connectivity index (χ3v) is 15.7. The van der Waals surface area contributed by atoms with E-state index in [0.717, 1.165) is 69.8 Å². The van der Waals surface area contributed by atoms with Crippen molar-refractivity contribution in [2.45, 2.75) is 143 Å². The molecule has 0 aromatic rings. The molecule has 1 unspecified atom stereocenters. The van der Waals surface area contributed by atoms with Crippen molar-refractivity contribution in [1.29, 1.82) is 0 Å². The van der Waals surface area contributed by atoms with Gasteiger partial charge in [0.25, 0.3) is 0 Å². The maximum atomic E-state index is 14.4. The van der Waals surface area contributed by atoms with E-state index in [2.05, 4.69) is 48.1 Å². The summed E-state index contributed by atoms with van der Waals surface area (Å²) in [7, 11) is 0. The monoisotopic (exact) mass is 644 g/mol. The summed E-state index contributed by atoms with van der Waals surface area (Å²) in [5, 5.41) is 30.8. The van der Waals surface area contributed by atoms with Crippen molar-refractivity contribution in [2.24, 2.45) is 56.7 Å². The maximum Gasteiger partial charge on any atom is 0.312 e. The van der Waals surface area contributed by atoms with Gasteiger partial charge < -0.3 is 29.5 Å². The molecule has 0 spiro atoms. The average Bonchev–Trinajstić information content (AvgIpc) is 3.39. The van der Waals surface area contributed by atoms with Crippen molar-refractivity contribution in [2.75, 3.05) is 13.2 Å². The number of carbonyl (C=O) groups excluding carboxylic acids is 2. The summed E-state index contributed by atoms with van der Waals surface area (Å²) in [6.07, 6.45) is 5.29. The molecule has 8 nitrogen and oxygen atoms in total. The van der Waals surface area contributed by atoms with Gasteiger partial charge in [0.2, 0.25) is 0 Å².